The number of unbranched alkanes of at least 4 members (excludes halogenated alkanes) is 1. The van der Waals surface area contributed by atoms with Gasteiger partial charge in [-0.15, -0.1) is 0 Å². The van der Waals surface area contributed by atoms with Gasteiger partial charge in [0, 0.05) is 31.1 Å². The first kappa shape index (κ1) is 36.6. The van der Waals surface area contributed by atoms with Crippen LogP contribution in [-0.4, -0.2) is 56.3 Å². The van der Waals surface area contributed by atoms with Crippen LogP contribution in [0.2, 0.25) is 0 Å². The smallest absolute Gasteiger partial charge is 0.273 e. The number of benzene rings is 4. The van der Waals surface area contributed by atoms with Crippen LogP contribution < -0.4 is 14.4 Å². The van der Waals surface area contributed by atoms with Gasteiger partial charge in [-0.05, 0) is 61.7 Å². The molecule has 4 aromatic rings. The molecule has 0 aliphatic heterocycles. The zero-order valence-corrected chi connectivity index (χ0v) is 29.0. The quantitative estimate of drug-likeness (QED) is 0.0870. The number of hydrogen-bond donors (Lipinski definition) is 1. The van der Waals surface area contributed by atoms with Gasteiger partial charge < -0.3 is 15.0 Å². The lowest BCUT2D eigenvalue weighted by Gasteiger charge is -2.34. The lowest BCUT2D eigenvalue weighted by atomic mass is 10.0. The SMILES string of the molecule is CCCCNC(=O)[C@H](Cc1ccccc1)N(Cc1cccc(C)c1)C(=O)CN(c1ccc(OC)cc1)S(=O)(=O)c1ccc(C)c([N+](=O)[O-])c1. The number of amides is 2. The van der Waals surface area contributed by atoms with Gasteiger partial charge in [0.2, 0.25) is 11.8 Å². The minimum absolute atomic E-state index is 0.0334. The minimum atomic E-state index is -4.54. The number of sulfonamides is 1. The normalized spacial score (nSPS) is 11.8. The molecule has 0 saturated heterocycles. The third-order valence-electron chi connectivity index (χ3n) is 8.14. The number of ether oxygens (including phenoxy) is 1. The van der Waals surface area contributed by atoms with E-state index in [1.807, 2.05) is 68.4 Å². The van der Waals surface area contributed by atoms with Crippen molar-refractivity contribution < 1.29 is 27.7 Å². The molecule has 0 fully saturated rings. The second kappa shape index (κ2) is 16.7. The van der Waals surface area contributed by atoms with Crippen LogP contribution in [0.4, 0.5) is 11.4 Å². The maximum atomic E-state index is 14.6. The Morgan fingerprint density at radius 3 is 2.24 bits per heavy atom. The van der Waals surface area contributed by atoms with Crippen molar-refractivity contribution in [2.75, 3.05) is 24.5 Å². The van der Waals surface area contributed by atoms with Crippen LogP contribution in [0, 0.1) is 24.0 Å². The Balaban J connectivity index is 1.83. The molecule has 4 rings (SSSR count). The average Bonchev–Trinajstić information content (AvgIpc) is 3.09. The maximum absolute atomic E-state index is 14.6. The van der Waals surface area contributed by atoms with Gasteiger partial charge in [-0.1, -0.05) is 79.6 Å². The van der Waals surface area contributed by atoms with Crippen molar-refractivity contribution >= 4 is 33.2 Å². The topological polar surface area (TPSA) is 139 Å². The van der Waals surface area contributed by atoms with Gasteiger partial charge >= 0.3 is 0 Å². The Kier molecular flexibility index (Phi) is 12.5. The fourth-order valence-corrected chi connectivity index (χ4v) is 6.85. The Morgan fingerprint density at radius 1 is 0.918 bits per heavy atom. The molecule has 0 aliphatic rings. The first-order chi connectivity index (χ1) is 23.4. The zero-order valence-electron chi connectivity index (χ0n) is 28.2. The predicted octanol–water partition coefficient (Wildman–Crippen LogP) is 5.97. The van der Waals surface area contributed by atoms with Crippen LogP contribution in [0.1, 0.15) is 42.0 Å². The van der Waals surface area contributed by atoms with E-state index in [2.05, 4.69) is 5.32 Å². The molecule has 0 bridgehead atoms. The van der Waals surface area contributed by atoms with E-state index in [-0.39, 0.29) is 40.7 Å². The summed E-state index contributed by atoms with van der Waals surface area (Å²) in [5, 5.41) is 14.7. The summed E-state index contributed by atoms with van der Waals surface area (Å²) in [5.74, 6) is -0.522. The third-order valence-corrected chi connectivity index (χ3v) is 9.91. The van der Waals surface area contributed by atoms with Gasteiger partial charge in [0.1, 0.15) is 18.3 Å². The highest BCUT2D eigenvalue weighted by molar-refractivity contribution is 7.92. The Labute approximate surface area is 287 Å². The van der Waals surface area contributed by atoms with Crippen molar-refractivity contribution in [3.05, 3.63) is 129 Å². The van der Waals surface area contributed by atoms with Crippen LogP contribution in [0.3, 0.4) is 0 Å². The largest absolute Gasteiger partial charge is 0.497 e. The molecule has 49 heavy (non-hydrogen) atoms. The first-order valence-corrected chi connectivity index (χ1v) is 17.5. The number of nitro benzene ring substituents is 1. The molecule has 258 valence electrons. The molecule has 0 spiro atoms. The minimum Gasteiger partial charge on any atom is -0.497 e. The highest BCUT2D eigenvalue weighted by Gasteiger charge is 2.35. The molecule has 0 radical (unpaired) electrons. The summed E-state index contributed by atoms with van der Waals surface area (Å²) in [6.45, 7) is 5.22. The standard InChI is InChI=1S/C37H42N4O7S/c1-5-6-21-38-37(43)35(23-29-12-8-7-9-13-29)39(25-30-14-10-11-27(2)22-30)36(42)26-40(31-16-18-32(48-4)19-17-31)49(46,47)33-20-15-28(3)34(24-33)41(44)45/h7-20,22,24,35H,5-6,21,23,25-26H2,1-4H3,(H,38,43)/t35-/m0/s1. The average molecular weight is 687 g/mol. The number of carbonyl (C=O) groups is 2. The van der Waals surface area contributed by atoms with Crippen LogP contribution in [0.5, 0.6) is 5.75 Å². The van der Waals surface area contributed by atoms with Crippen molar-refractivity contribution in [1.29, 1.82) is 0 Å². The molecular formula is C37H42N4O7S. The number of nitrogens with zero attached hydrogens (tertiary/aromatic N) is 3. The predicted molar refractivity (Wildman–Crippen MR) is 189 cm³/mol. The number of nitro groups is 1. The molecule has 0 aliphatic carbocycles. The lowest BCUT2D eigenvalue weighted by molar-refractivity contribution is -0.385. The van der Waals surface area contributed by atoms with Gasteiger partial charge in [-0.3, -0.25) is 24.0 Å². The number of carbonyl (C=O) groups excluding carboxylic acids is 2. The Bertz CT molecular complexity index is 1870. The summed E-state index contributed by atoms with van der Waals surface area (Å²) >= 11 is 0. The van der Waals surface area contributed by atoms with Crippen molar-refractivity contribution in [1.82, 2.24) is 10.2 Å². The van der Waals surface area contributed by atoms with E-state index in [1.165, 1.54) is 43.2 Å². The van der Waals surface area contributed by atoms with Gasteiger partial charge in [0.05, 0.1) is 22.6 Å². The monoisotopic (exact) mass is 686 g/mol. The molecule has 0 unspecified atom stereocenters. The Hall–Kier alpha value is -5.23. The molecular weight excluding hydrogens is 644 g/mol. The molecule has 1 atom stereocenters. The molecule has 0 aromatic heterocycles. The number of rotatable bonds is 16. The molecule has 1 N–H and O–H groups in total. The number of anilines is 1. The maximum Gasteiger partial charge on any atom is 0.273 e. The lowest BCUT2D eigenvalue weighted by Crippen LogP contribution is -2.53. The second-order valence-corrected chi connectivity index (χ2v) is 13.6. The molecule has 0 saturated carbocycles. The summed E-state index contributed by atoms with van der Waals surface area (Å²) in [6.07, 6.45) is 1.80. The third kappa shape index (κ3) is 9.44. The van der Waals surface area contributed by atoms with Gasteiger partial charge in [0.25, 0.3) is 15.7 Å². The van der Waals surface area contributed by atoms with Gasteiger partial charge in [0.15, 0.2) is 0 Å². The summed E-state index contributed by atoms with van der Waals surface area (Å²) in [4.78, 5) is 40.7. The van der Waals surface area contributed by atoms with E-state index in [4.69, 9.17) is 4.74 Å². The van der Waals surface area contributed by atoms with E-state index < -0.39 is 33.4 Å². The number of nitrogens with one attached hydrogen (secondary N) is 1. The second-order valence-electron chi connectivity index (χ2n) is 11.8. The van der Waals surface area contributed by atoms with Crippen LogP contribution in [-0.2, 0) is 32.6 Å². The van der Waals surface area contributed by atoms with Crippen molar-refractivity contribution in [2.24, 2.45) is 0 Å². The van der Waals surface area contributed by atoms with Crippen molar-refractivity contribution in [3.63, 3.8) is 0 Å². The molecule has 0 heterocycles. The number of aryl methyl sites for hydroxylation is 2. The molecule has 12 heteroatoms. The van der Waals surface area contributed by atoms with Crippen molar-refractivity contribution in [2.45, 2.75) is 57.5 Å². The van der Waals surface area contributed by atoms with Crippen molar-refractivity contribution in [3.8, 4) is 5.75 Å². The summed E-state index contributed by atoms with van der Waals surface area (Å²) < 4.78 is 34.8. The molecule has 2 amide bonds. The highest BCUT2D eigenvalue weighted by atomic mass is 32.2. The number of hydrogen-bond acceptors (Lipinski definition) is 7. The zero-order chi connectivity index (χ0) is 35.6. The van der Waals surface area contributed by atoms with Gasteiger partial charge in [-0.2, -0.15) is 0 Å². The van der Waals surface area contributed by atoms with E-state index in [0.717, 1.165) is 39.9 Å². The highest BCUT2D eigenvalue weighted by Crippen LogP contribution is 2.30. The van der Waals surface area contributed by atoms with E-state index in [9.17, 15) is 28.1 Å². The first-order valence-electron chi connectivity index (χ1n) is 16.0. The van der Waals surface area contributed by atoms with Crippen LogP contribution in [0.25, 0.3) is 0 Å². The number of methoxy groups -OCH3 is 1. The summed E-state index contributed by atoms with van der Waals surface area (Å²) in [5.41, 5.74) is 2.61. The molecule has 11 nitrogen and oxygen atoms in total. The van der Waals surface area contributed by atoms with E-state index in [0.29, 0.717) is 12.3 Å². The molecule has 4 aromatic carbocycles. The Morgan fingerprint density at radius 2 is 1.61 bits per heavy atom. The fraction of sp³-hybridized carbons (Fsp3) is 0.297. The summed E-state index contributed by atoms with van der Waals surface area (Å²) in [6, 6.07) is 25.6. The van der Waals surface area contributed by atoms with Crippen LogP contribution >= 0.6 is 0 Å². The van der Waals surface area contributed by atoms with Gasteiger partial charge in [-0.25, -0.2) is 8.42 Å². The summed E-state index contributed by atoms with van der Waals surface area (Å²) in [7, 11) is -3.06. The van der Waals surface area contributed by atoms with E-state index >= 15 is 0 Å². The van der Waals surface area contributed by atoms with E-state index in [1.54, 1.807) is 12.1 Å². The fourth-order valence-electron chi connectivity index (χ4n) is 5.42. The van der Waals surface area contributed by atoms with Crippen LogP contribution in [0.15, 0.2) is 102 Å².